The Kier molecular flexibility index (Phi) is 7.01. The summed E-state index contributed by atoms with van der Waals surface area (Å²) in [5, 5.41) is 2.47. The lowest BCUT2D eigenvalue weighted by atomic mass is 9.93. The predicted molar refractivity (Wildman–Crippen MR) is 139 cm³/mol. The molecule has 3 aliphatic heterocycles. The van der Waals surface area contributed by atoms with E-state index in [4.69, 9.17) is 4.74 Å². The molecule has 7 nitrogen and oxygen atoms in total. The summed E-state index contributed by atoms with van der Waals surface area (Å²) in [5.41, 5.74) is 2.57. The van der Waals surface area contributed by atoms with Crippen molar-refractivity contribution in [2.75, 3.05) is 38.2 Å². The number of ether oxygens (including phenoxy) is 1. The fourth-order valence-corrected chi connectivity index (χ4v) is 5.87. The standard InChI is InChI=1S/C27H26F2N4O3S/c1-17-24(26(35)36-2)25(18-6-5-7-19(28)14-18)33-20(16-37-27(33)30-17)15-23(34)32-12-10-31(11-13-32)22-9-4-3-8-21(22)29/h3-9,14,16,25H,10-13,15H2,1-2H3/t25-/m0/s1. The number of hydrogen-bond donors (Lipinski definition) is 0. The van der Waals surface area contributed by atoms with E-state index in [9.17, 15) is 18.4 Å². The van der Waals surface area contributed by atoms with Gasteiger partial charge in [-0.25, -0.2) is 18.6 Å². The Hall–Kier alpha value is -3.66. The lowest BCUT2D eigenvalue weighted by Gasteiger charge is -2.38. The maximum Gasteiger partial charge on any atom is 0.338 e. The number of rotatable bonds is 5. The van der Waals surface area contributed by atoms with E-state index in [0.717, 1.165) is 0 Å². The summed E-state index contributed by atoms with van der Waals surface area (Å²) in [5.74, 6) is -1.34. The van der Waals surface area contributed by atoms with Crippen LogP contribution in [0.2, 0.25) is 0 Å². The number of anilines is 1. The van der Waals surface area contributed by atoms with Crippen LogP contribution in [0.3, 0.4) is 0 Å². The third-order valence-corrected chi connectivity index (χ3v) is 7.62. The van der Waals surface area contributed by atoms with Crippen molar-refractivity contribution < 1.29 is 23.1 Å². The Balaban J connectivity index is 1.35. The number of nitrogens with zero attached hydrogens (tertiary/aromatic N) is 4. The largest absolute Gasteiger partial charge is 0.466 e. The molecule has 2 aromatic rings. The van der Waals surface area contributed by atoms with Gasteiger partial charge in [0.1, 0.15) is 11.6 Å². The van der Waals surface area contributed by atoms with Gasteiger partial charge < -0.3 is 19.4 Å². The van der Waals surface area contributed by atoms with Gasteiger partial charge in [0.2, 0.25) is 5.91 Å². The number of carbonyl (C=O) groups excluding carboxylic acids is 2. The first kappa shape index (κ1) is 25.0. The van der Waals surface area contributed by atoms with Gasteiger partial charge in [0, 0.05) is 31.9 Å². The molecule has 1 amide bonds. The zero-order valence-electron chi connectivity index (χ0n) is 20.5. The molecular weight excluding hydrogens is 498 g/mol. The smallest absolute Gasteiger partial charge is 0.338 e. The highest BCUT2D eigenvalue weighted by Crippen LogP contribution is 2.45. The number of halogens is 2. The van der Waals surface area contributed by atoms with Crippen LogP contribution in [0.15, 0.2) is 75.9 Å². The third kappa shape index (κ3) is 4.85. The van der Waals surface area contributed by atoms with Gasteiger partial charge in [-0.05, 0) is 42.2 Å². The van der Waals surface area contributed by atoms with Gasteiger partial charge in [-0.3, -0.25) is 4.79 Å². The molecule has 1 atom stereocenters. The van der Waals surface area contributed by atoms with E-state index in [-0.39, 0.29) is 18.1 Å². The summed E-state index contributed by atoms with van der Waals surface area (Å²) in [7, 11) is 1.30. The molecule has 0 unspecified atom stereocenters. The first-order valence-electron chi connectivity index (χ1n) is 11.9. The summed E-state index contributed by atoms with van der Waals surface area (Å²) in [6.45, 7) is 3.71. The lowest BCUT2D eigenvalue weighted by molar-refractivity contribution is -0.136. The number of amides is 1. The minimum atomic E-state index is -0.678. The number of methoxy groups -OCH3 is 1. The van der Waals surface area contributed by atoms with E-state index in [0.29, 0.717) is 59.6 Å². The molecule has 10 heteroatoms. The minimum Gasteiger partial charge on any atom is -0.466 e. The predicted octanol–water partition coefficient (Wildman–Crippen LogP) is 4.45. The van der Waals surface area contributed by atoms with E-state index >= 15 is 0 Å². The monoisotopic (exact) mass is 524 g/mol. The van der Waals surface area contributed by atoms with Crippen molar-refractivity contribution in [1.82, 2.24) is 9.80 Å². The van der Waals surface area contributed by atoms with Gasteiger partial charge in [0.15, 0.2) is 5.17 Å². The Morgan fingerprint density at radius 3 is 2.54 bits per heavy atom. The molecule has 2 aromatic carbocycles. The molecule has 192 valence electrons. The van der Waals surface area contributed by atoms with Crippen molar-refractivity contribution in [2.45, 2.75) is 19.4 Å². The molecule has 5 rings (SSSR count). The van der Waals surface area contributed by atoms with Gasteiger partial charge in [-0.2, -0.15) is 0 Å². The zero-order chi connectivity index (χ0) is 26.1. The van der Waals surface area contributed by atoms with Gasteiger partial charge >= 0.3 is 5.97 Å². The number of amidine groups is 1. The second-order valence-corrected chi connectivity index (χ2v) is 9.77. The van der Waals surface area contributed by atoms with Gasteiger partial charge in [0.25, 0.3) is 0 Å². The number of piperazine rings is 1. The Morgan fingerprint density at radius 1 is 1.08 bits per heavy atom. The van der Waals surface area contributed by atoms with Crippen LogP contribution < -0.4 is 4.90 Å². The molecule has 1 fully saturated rings. The molecule has 3 heterocycles. The molecule has 0 radical (unpaired) electrons. The average molecular weight is 525 g/mol. The fraction of sp³-hybridized carbons (Fsp3) is 0.296. The van der Waals surface area contributed by atoms with Gasteiger partial charge in [0.05, 0.1) is 36.5 Å². The van der Waals surface area contributed by atoms with E-state index < -0.39 is 17.8 Å². The number of thioether (sulfide) groups is 1. The van der Waals surface area contributed by atoms with E-state index in [1.807, 2.05) is 15.2 Å². The molecular formula is C27H26F2N4O3S. The first-order chi connectivity index (χ1) is 17.9. The summed E-state index contributed by atoms with van der Waals surface area (Å²) in [6.07, 6.45) is 0.0883. The number of carbonyl (C=O) groups is 2. The van der Waals surface area contributed by atoms with Crippen molar-refractivity contribution in [3.8, 4) is 0 Å². The number of fused-ring (bicyclic) bond motifs is 1. The summed E-state index contributed by atoms with van der Waals surface area (Å²) in [4.78, 5) is 36.2. The molecule has 0 N–H and O–H groups in total. The number of benzene rings is 2. The normalized spacial score (nSPS) is 19.5. The van der Waals surface area contributed by atoms with E-state index in [1.165, 1.54) is 37.1 Å². The second kappa shape index (κ2) is 10.4. The fourth-order valence-electron chi connectivity index (χ4n) is 4.90. The highest BCUT2D eigenvalue weighted by molar-refractivity contribution is 8.16. The minimum absolute atomic E-state index is 0.0785. The third-order valence-electron chi connectivity index (χ3n) is 6.73. The van der Waals surface area contributed by atoms with E-state index in [2.05, 4.69) is 4.99 Å². The molecule has 0 spiro atoms. The van der Waals surface area contributed by atoms with Crippen molar-refractivity contribution in [3.63, 3.8) is 0 Å². The zero-order valence-corrected chi connectivity index (χ0v) is 21.3. The van der Waals surface area contributed by atoms with Crippen LogP contribution in [-0.2, 0) is 14.3 Å². The topological polar surface area (TPSA) is 65.5 Å². The number of aliphatic imine (C=N–C) groups is 1. The van der Waals surface area contributed by atoms with Crippen LogP contribution in [0, 0.1) is 11.6 Å². The summed E-state index contributed by atoms with van der Waals surface area (Å²) in [6, 6.07) is 12.0. The molecule has 0 bridgehead atoms. The number of para-hydroxylation sites is 1. The number of hydrogen-bond acceptors (Lipinski definition) is 7. The Labute approximate surface area is 218 Å². The van der Waals surface area contributed by atoms with Crippen LogP contribution in [0.25, 0.3) is 0 Å². The Morgan fingerprint density at radius 2 is 1.84 bits per heavy atom. The van der Waals surface area contributed by atoms with Gasteiger partial charge in [-0.15, -0.1) is 0 Å². The summed E-state index contributed by atoms with van der Waals surface area (Å²) < 4.78 is 33.4. The molecule has 1 saturated heterocycles. The number of allylic oxidation sites excluding steroid dienone is 1. The summed E-state index contributed by atoms with van der Waals surface area (Å²) >= 11 is 1.36. The maximum atomic E-state index is 14.2. The van der Waals surface area contributed by atoms with Gasteiger partial charge in [-0.1, -0.05) is 36.0 Å². The van der Waals surface area contributed by atoms with Crippen molar-refractivity contribution in [1.29, 1.82) is 0 Å². The van der Waals surface area contributed by atoms with Crippen LogP contribution in [-0.4, -0.2) is 60.1 Å². The average Bonchev–Trinajstić information content (AvgIpc) is 3.29. The molecule has 37 heavy (non-hydrogen) atoms. The first-order valence-corrected chi connectivity index (χ1v) is 12.8. The van der Waals surface area contributed by atoms with Crippen molar-refractivity contribution >= 4 is 34.5 Å². The maximum absolute atomic E-state index is 14.2. The second-order valence-electron chi connectivity index (χ2n) is 8.94. The van der Waals surface area contributed by atoms with Crippen LogP contribution in [0.5, 0.6) is 0 Å². The van der Waals surface area contributed by atoms with Crippen LogP contribution >= 0.6 is 11.8 Å². The molecule has 0 aliphatic carbocycles. The Bertz CT molecular complexity index is 1330. The van der Waals surface area contributed by atoms with Crippen molar-refractivity contribution in [3.05, 3.63) is 88.1 Å². The molecule has 3 aliphatic rings. The lowest BCUT2D eigenvalue weighted by Crippen LogP contribution is -2.49. The highest BCUT2D eigenvalue weighted by Gasteiger charge is 2.41. The van der Waals surface area contributed by atoms with Crippen LogP contribution in [0.4, 0.5) is 14.5 Å². The molecule has 0 saturated carbocycles. The molecule has 0 aromatic heterocycles. The van der Waals surface area contributed by atoms with E-state index in [1.54, 1.807) is 42.2 Å². The highest BCUT2D eigenvalue weighted by atomic mass is 32.2. The van der Waals surface area contributed by atoms with Crippen LogP contribution in [0.1, 0.15) is 24.9 Å². The van der Waals surface area contributed by atoms with Crippen molar-refractivity contribution in [2.24, 2.45) is 4.99 Å². The SMILES string of the molecule is COC(=O)C1=C(C)N=C2SC=C(CC(=O)N3CCN(c4ccccc4F)CC3)N2[C@H]1c1cccc(F)c1. The quantitative estimate of drug-likeness (QED) is 0.539. The number of esters is 1.